The molecule has 0 spiro atoms. The van der Waals surface area contributed by atoms with Crippen LogP contribution in [0.15, 0.2) is 42.9 Å². The van der Waals surface area contributed by atoms with Crippen molar-refractivity contribution in [2.24, 2.45) is 0 Å². The fourth-order valence-corrected chi connectivity index (χ4v) is 2.24. The minimum atomic E-state index is -4.85. The number of nitrogens with zero attached hydrogens (tertiary/aromatic N) is 3. The van der Waals surface area contributed by atoms with E-state index in [1.165, 1.54) is 18.5 Å². The van der Waals surface area contributed by atoms with Crippen LogP contribution < -0.4 is 0 Å². The van der Waals surface area contributed by atoms with Gasteiger partial charge in [0.15, 0.2) is 5.69 Å². The van der Waals surface area contributed by atoms with Gasteiger partial charge in [-0.3, -0.25) is 4.98 Å². The topological polar surface area (TPSA) is 68.0 Å². The largest absolute Gasteiger partial charge is 0.478 e. The van der Waals surface area contributed by atoms with Crippen LogP contribution in [0.2, 0.25) is 0 Å². The third kappa shape index (κ3) is 2.18. The van der Waals surface area contributed by atoms with Crippen molar-refractivity contribution >= 4 is 16.7 Å². The SMILES string of the molecule is O=C(O)c1cnn(-c2cccc3ccncc23)c1C(F)(F)F. The molecule has 8 heteroatoms. The summed E-state index contributed by atoms with van der Waals surface area (Å²) in [5, 5.41) is 13.7. The average Bonchev–Trinajstić information content (AvgIpc) is 2.91. The highest BCUT2D eigenvalue weighted by Crippen LogP contribution is 2.35. The molecule has 0 saturated carbocycles. The van der Waals surface area contributed by atoms with Crippen molar-refractivity contribution in [1.29, 1.82) is 0 Å². The first-order chi connectivity index (χ1) is 10.4. The van der Waals surface area contributed by atoms with E-state index in [0.29, 0.717) is 21.7 Å². The van der Waals surface area contributed by atoms with Gasteiger partial charge in [-0.25, -0.2) is 9.48 Å². The highest BCUT2D eigenvalue weighted by atomic mass is 19.4. The zero-order valence-corrected chi connectivity index (χ0v) is 10.9. The molecule has 2 heterocycles. The van der Waals surface area contributed by atoms with E-state index < -0.39 is 23.4 Å². The van der Waals surface area contributed by atoms with Gasteiger partial charge < -0.3 is 5.11 Å². The Morgan fingerprint density at radius 3 is 2.64 bits per heavy atom. The number of halogens is 3. The van der Waals surface area contributed by atoms with Gasteiger partial charge in [0.2, 0.25) is 0 Å². The maximum Gasteiger partial charge on any atom is 0.434 e. The Hall–Kier alpha value is -2.90. The highest BCUT2D eigenvalue weighted by molar-refractivity contribution is 5.91. The molecule has 0 amide bonds. The summed E-state index contributed by atoms with van der Waals surface area (Å²) in [6.45, 7) is 0. The second-order valence-corrected chi connectivity index (χ2v) is 4.50. The van der Waals surface area contributed by atoms with Gasteiger partial charge in [-0.15, -0.1) is 0 Å². The summed E-state index contributed by atoms with van der Waals surface area (Å²) in [6.07, 6.45) is -1.23. The van der Waals surface area contributed by atoms with Gasteiger partial charge in [0.05, 0.1) is 11.9 Å². The highest BCUT2D eigenvalue weighted by Gasteiger charge is 2.40. The molecule has 112 valence electrons. The minimum absolute atomic E-state index is 0.116. The summed E-state index contributed by atoms with van der Waals surface area (Å²) >= 11 is 0. The van der Waals surface area contributed by atoms with Gasteiger partial charge in [-0.1, -0.05) is 12.1 Å². The fraction of sp³-hybridized carbons (Fsp3) is 0.0714. The quantitative estimate of drug-likeness (QED) is 0.789. The van der Waals surface area contributed by atoms with Crippen LogP contribution in [0.4, 0.5) is 13.2 Å². The molecule has 22 heavy (non-hydrogen) atoms. The lowest BCUT2D eigenvalue weighted by atomic mass is 10.1. The van der Waals surface area contributed by atoms with Crippen molar-refractivity contribution in [3.8, 4) is 5.69 Å². The fourth-order valence-electron chi connectivity index (χ4n) is 2.24. The number of fused-ring (bicyclic) bond motifs is 1. The Bertz CT molecular complexity index is 866. The number of carboxylic acids is 1. The summed E-state index contributed by atoms with van der Waals surface area (Å²) < 4.78 is 40.3. The molecule has 0 bridgehead atoms. The number of carbonyl (C=O) groups is 1. The van der Waals surface area contributed by atoms with E-state index >= 15 is 0 Å². The second-order valence-electron chi connectivity index (χ2n) is 4.50. The maximum absolute atomic E-state index is 13.2. The van der Waals surface area contributed by atoms with Crippen molar-refractivity contribution in [2.45, 2.75) is 6.18 Å². The first-order valence-corrected chi connectivity index (χ1v) is 6.11. The molecule has 5 nitrogen and oxygen atoms in total. The van der Waals surface area contributed by atoms with Gasteiger partial charge in [-0.05, 0) is 17.5 Å². The van der Waals surface area contributed by atoms with Crippen molar-refractivity contribution in [2.75, 3.05) is 0 Å². The number of aromatic nitrogens is 3. The molecule has 3 rings (SSSR count). The Labute approximate surface area is 121 Å². The van der Waals surface area contributed by atoms with E-state index in [1.54, 1.807) is 18.2 Å². The number of rotatable bonds is 2. The molecule has 1 N–H and O–H groups in total. The van der Waals surface area contributed by atoms with E-state index in [9.17, 15) is 18.0 Å². The summed E-state index contributed by atoms with van der Waals surface area (Å²) in [5.41, 5.74) is -2.10. The summed E-state index contributed by atoms with van der Waals surface area (Å²) in [6, 6.07) is 6.36. The first-order valence-electron chi connectivity index (χ1n) is 6.11. The number of benzene rings is 1. The van der Waals surface area contributed by atoms with Crippen molar-refractivity contribution in [1.82, 2.24) is 14.8 Å². The van der Waals surface area contributed by atoms with Crippen LogP contribution in [0.5, 0.6) is 0 Å². The number of pyridine rings is 1. The summed E-state index contributed by atoms with van der Waals surface area (Å²) in [5.74, 6) is -1.68. The van der Waals surface area contributed by atoms with Crippen LogP contribution in [-0.2, 0) is 6.18 Å². The predicted molar refractivity (Wildman–Crippen MR) is 70.8 cm³/mol. The van der Waals surface area contributed by atoms with Crippen LogP contribution in [0, 0.1) is 0 Å². The Balaban J connectivity index is 2.35. The predicted octanol–water partition coefficient (Wildman–Crippen LogP) is 3.14. The standard InChI is InChI=1S/C14H8F3N3O2/c15-14(16,17)12-10(13(21)22)7-19-20(12)11-3-1-2-8-4-5-18-6-9(8)11/h1-7H,(H,21,22). The zero-order chi connectivity index (χ0) is 15.9. The van der Waals surface area contributed by atoms with E-state index in [4.69, 9.17) is 5.11 Å². The lowest BCUT2D eigenvalue weighted by Crippen LogP contribution is -2.17. The van der Waals surface area contributed by atoms with Gasteiger partial charge >= 0.3 is 12.1 Å². The normalized spacial score (nSPS) is 11.8. The number of hydrogen-bond donors (Lipinski definition) is 1. The number of aromatic carboxylic acids is 1. The third-order valence-corrected chi connectivity index (χ3v) is 3.16. The number of alkyl halides is 3. The van der Waals surface area contributed by atoms with Crippen LogP contribution in [0.25, 0.3) is 16.5 Å². The average molecular weight is 307 g/mol. The van der Waals surface area contributed by atoms with Crippen LogP contribution >= 0.6 is 0 Å². The summed E-state index contributed by atoms with van der Waals surface area (Å²) in [4.78, 5) is 14.9. The first kappa shape index (κ1) is 14.1. The lowest BCUT2D eigenvalue weighted by molar-refractivity contribution is -0.143. The van der Waals surface area contributed by atoms with Gasteiger partial charge in [0.1, 0.15) is 5.56 Å². The smallest absolute Gasteiger partial charge is 0.434 e. The van der Waals surface area contributed by atoms with Gasteiger partial charge in [-0.2, -0.15) is 18.3 Å². The maximum atomic E-state index is 13.2. The molecule has 0 unspecified atom stereocenters. The molecule has 0 atom stereocenters. The molecular weight excluding hydrogens is 299 g/mol. The molecule has 1 aromatic carbocycles. The molecule has 0 fully saturated rings. The molecule has 2 aromatic heterocycles. The van der Waals surface area contributed by atoms with Crippen LogP contribution in [0.3, 0.4) is 0 Å². The Kier molecular flexibility index (Phi) is 3.09. The number of hydrogen-bond acceptors (Lipinski definition) is 3. The van der Waals surface area contributed by atoms with Crippen molar-refractivity contribution < 1.29 is 23.1 Å². The molecule has 3 aromatic rings. The monoisotopic (exact) mass is 307 g/mol. The van der Waals surface area contributed by atoms with E-state index in [2.05, 4.69) is 10.1 Å². The molecular formula is C14H8F3N3O2. The van der Waals surface area contributed by atoms with Crippen molar-refractivity contribution in [3.63, 3.8) is 0 Å². The molecule has 0 radical (unpaired) electrons. The van der Waals surface area contributed by atoms with E-state index in [1.807, 2.05) is 0 Å². The van der Waals surface area contributed by atoms with Gasteiger partial charge in [0.25, 0.3) is 0 Å². The second kappa shape index (κ2) is 4.83. The summed E-state index contributed by atoms with van der Waals surface area (Å²) in [7, 11) is 0. The molecule has 0 saturated heterocycles. The van der Waals surface area contributed by atoms with Crippen molar-refractivity contribution in [3.05, 3.63) is 54.1 Å². The Morgan fingerprint density at radius 1 is 1.18 bits per heavy atom. The van der Waals surface area contributed by atoms with Crippen LogP contribution in [-0.4, -0.2) is 25.8 Å². The van der Waals surface area contributed by atoms with Gasteiger partial charge in [0, 0.05) is 17.8 Å². The Morgan fingerprint density at radius 2 is 1.95 bits per heavy atom. The van der Waals surface area contributed by atoms with E-state index in [-0.39, 0.29) is 5.69 Å². The zero-order valence-electron chi connectivity index (χ0n) is 10.9. The third-order valence-electron chi connectivity index (χ3n) is 3.16. The molecule has 0 aliphatic heterocycles. The number of carboxylic acid groups (broad SMARTS) is 1. The van der Waals surface area contributed by atoms with E-state index in [0.717, 1.165) is 0 Å². The minimum Gasteiger partial charge on any atom is -0.478 e. The molecule has 0 aliphatic carbocycles. The molecule has 0 aliphatic rings. The van der Waals surface area contributed by atoms with Crippen LogP contribution in [0.1, 0.15) is 16.1 Å². The lowest BCUT2D eigenvalue weighted by Gasteiger charge is -2.13.